The average molecular weight is 420 g/mol. The summed E-state index contributed by atoms with van der Waals surface area (Å²) in [5.41, 5.74) is 1.19. The Morgan fingerprint density at radius 1 is 1.00 bits per heavy atom. The molecule has 0 saturated heterocycles. The summed E-state index contributed by atoms with van der Waals surface area (Å²) in [5, 5.41) is 3.20. The number of amides is 1. The number of carbonyl (C=O) groups excluding carboxylic acids is 2. The van der Waals surface area contributed by atoms with Gasteiger partial charge in [0.2, 0.25) is 5.75 Å². The van der Waals surface area contributed by atoms with E-state index in [0.29, 0.717) is 33.5 Å². The highest BCUT2D eigenvalue weighted by Gasteiger charge is 2.17. The molecule has 2 aromatic carbocycles. The third-order valence-corrected chi connectivity index (χ3v) is 4.12. The molecule has 29 heavy (non-hydrogen) atoms. The number of hydrogen-bond donors (Lipinski definition) is 1. The minimum Gasteiger partial charge on any atom is -0.493 e. The molecule has 0 unspecified atom stereocenters. The molecule has 1 amide bonds. The van der Waals surface area contributed by atoms with E-state index in [1.165, 1.54) is 40.4 Å². The van der Waals surface area contributed by atoms with Gasteiger partial charge in [-0.3, -0.25) is 4.79 Å². The fraction of sp³-hybridized carbons (Fsp3) is 0.238. The lowest BCUT2D eigenvalue weighted by atomic mass is 10.1. The highest BCUT2D eigenvalue weighted by atomic mass is 35.5. The zero-order valence-corrected chi connectivity index (χ0v) is 17.3. The van der Waals surface area contributed by atoms with Crippen LogP contribution in [0.2, 0.25) is 5.02 Å². The van der Waals surface area contributed by atoms with Crippen LogP contribution in [0.25, 0.3) is 6.08 Å². The third-order valence-electron chi connectivity index (χ3n) is 3.87. The molecule has 2 aromatic rings. The van der Waals surface area contributed by atoms with Gasteiger partial charge in [0, 0.05) is 16.8 Å². The highest BCUT2D eigenvalue weighted by Crippen LogP contribution is 2.38. The first-order chi connectivity index (χ1) is 13.9. The lowest BCUT2D eigenvalue weighted by molar-refractivity contribution is -0.148. The van der Waals surface area contributed by atoms with Crippen molar-refractivity contribution in [1.82, 2.24) is 0 Å². The lowest BCUT2D eigenvalue weighted by Crippen LogP contribution is -2.29. The molecule has 0 radical (unpaired) electrons. The topological polar surface area (TPSA) is 83.1 Å². The molecular weight excluding hydrogens is 398 g/mol. The van der Waals surface area contributed by atoms with Crippen LogP contribution in [0.4, 0.5) is 5.69 Å². The van der Waals surface area contributed by atoms with Crippen LogP contribution in [0.3, 0.4) is 0 Å². The van der Waals surface area contributed by atoms with E-state index >= 15 is 0 Å². The van der Waals surface area contributed by atoms with E-state index in [2.05, 4.69) is 5.32 Å². The van der Waals surface area contributed by atoms with Crippen LogP contribution >= 0.6 is 11.6 Å². The predicted octanol–water partition coefficient (Wildman–Crippen LogP) is 3.95. The molecule has 2 rings (SSSR count). The number of ether oxygens (including phenoxy) is 4. The van der Waals surface area contributed by atoms with Gasteiger partial charge in [0.05, 0.1) is 21.3 Å². The molecule has 154 valence electrons. The van der Waals surface area contributed by atoms with E-state index in [1.54, 1.807) is 36.4 Å². The molecule has 1 N–H and O–H groups in total. The SMILES string of the molecule is COc1cc(/C=C/C(=O)O[C@H](C)C(=O)Nc2ccc(Cl)cc2)cc(OC)c1OC. The van der Waals surface area contributed by atoms with Gasteiger partial charge in [0.25, 0.3) is 5.91 Å². The first-order valence-corrected chi connectivity index (χ1v) is 9.00. The van der Waals surface area contributed by atoms with Gasteiger partial charge in [-0.05, 0) is 55.0 Å². The molecule has 0 aliphatic carbocycles. The van der Waals surface area contributed by atoms with Crippen LogP contribution in [0.1, 0.15) is 12.5 Å². The molecule has 0 bridgehead atoms. The number of rotatable bonds is 8. The van der Waals surface area contributed by atoms with Gasteiger partial charge in [0.1, 0.15) is 0 Å². The van der Waals surface area contributed by atoms with Gasteiger partial charge in [-0.2, -0.15) is 0 Å². The van der Waals surface area contributed by atoms with Crippen LogP contribution < -0.4 is 19.5 Å². The van der Waals surface area contributed by atoms with Crippen molar-refractivity contribution in [3.63, 3.8) is 0 Å². The first-order valence-electron chi connectivity index (χ1n) is 8.63. The number of methoxy groups -OCH3 is 3. The summed E-state index contributed by atoms with van der Waals surface area (Å²) in [5.74, 6) is 0.229. The van der Waals surface area contributed by atoms with Crippen LogP contribution in [0.5, 0.6) is 17.2 Å². The second-order valence-corrected chi connectivity index (χ2v) is 6.30. The first kappa shape index (κ1) is 22.1. The molecule has 7 nitrogen and oxygen atoms in total. The molecule has 8 heteroatoms. The normalized spacial score (nSPS) is 11.6. The standard InChI is InChI=1S/C21H22ClNO6/c1-13(21(25)23-16-8-6-15(22)7-9-16)29-19(24)10-5-14-11-17(26-2)20(28-4)18(12-14)27-3/h5-13H,1-4H3,(H,23,25)/b10-5+/t13-/m1/s1. The van der Waals surface area contributed by atoms with E-state index in [4.69, 9.17) is 30.5 Å². The van der Waals surface area contributed by atoms with E-state index in [1.807, 2.05) is 0 Å². The number of carbonyl (C=O) groups is 2. The van der Waals surface area contributed by atoms with E-state index < -0.39 is 18.0 Å². The van der Waals surface area contributed by atoms with Gasteiger partial charge >= 0.3 is 5.97 Å². The molecule has 0 spiro atoms. The molecule has 0 saturated carbocycles. The van der Waals surface area contributed by atoms with Gasteiger partial charge in [0.15, 0.2) is 17.6 Å². The smallest absolute Gasteiger partial charge is 0.331 e. The summed E-state index contributed by atoms with van der Waals surface area (Å²) in [6, 6.07) is 9.96. The van der Waals surface area contributed by atoms with Crippen molar-refractivity contribution in [2.75, 3.05) is 26.6 Å². The number of anilines is 1. The van der Waals surface area contributed by atoms with E-state index in [-0.39, 0.29) is 0 Å². The Labute approximate surface area is 174 Å². The average Bonchev–Trinajstić information content (AvgIpc) is 2.72. The maximum Gasteiger partial charge on any atom is 0.331 e. The predicted molar refractivity (Wildman–Crippen MR) is 111 cm³/mol. The van der Waals surface area contributed by atoms with Crippen molar-refractivity contribution in [1.29, 1.82) is 0 Å². The fourth-order valence-electron chi connectivity index (χ4n) is 2.41. The molecule has 0 aromatic heterocycles. The van der Waals surface area contributed by atoms with Gasteiger partial charge in [-0.1, -0.05) is 11.6 Å². The van der Waals surface area contributed by atoms with Crippen LogP contribution in [0, 0.1) is 0 Å². The third kappa shape index (κ3) is 6.15. The summed E-state index contributed by atoms with van der Waals surface area (Å²) >= 11 is 5.81. The van der Waals surface area contributed by atoms with Crippen LogP contribution in [0.15, 0.2) is 42.5 Å². The number of benzene rings is 2. The van der Waals surface area contributed by atoms with Gasteiger partial charge < -0.3 is 24.3 Å². The summed E-state index contributed by atoms with van der Waals surface area (Å²) < 4.78 is 20.9. The summed E-state index contributed by atoms with van der Waals surface area (Å²) in [4.78, 5) is 24.2. The molecule has 0 aliphatic rings. The molecule has 0 aliphatic heterocycles. The fourth-order valence-corrected chi connectivity index (χ4v) is 2.53. The van der Waals surface area contributed by atoms with Gasteiger partial charge in [-0.25, -0.2) is 4.79 Å². The number of esters is 1. The van der Waals surface area contributed by atoms with Crippen molar-refractivity contribution < 1.29 is 28.5 Å². The number of nitrogens with one attached hydrogen (secondary N) is 1. The van der Waals surface area contributed by atoms with Crippen molar-refractivity contribution in [2.24, 2.45) is 0 Å². The molecular formula is C21H22ClNO6. The van der Waals surface area contributed by atoms with Crippen LogP contribution in [-0.2, 0) is 14.3 Å². The maximum absolute atomic E-state index is 12.2. The maximum atomic E-state index is 12.2. The van der Waals surface area contributed by atoms with E-state index in [0.717, 1.165) is 0 Å². The summed E-state index contributed by atoms with van der Waals surface area (Å²) in [6.07, 6.45) is 1.76. The number of hydrogen-bond acceptors (Lipinski definition) is 6. The molecule has 1 atom stereocenters. The highest BCUT2D eigenvalue weighted by molar-refractivity contribution is 6.30. The Bertz CT molecular complexity index is 870. The quantitative estimate of drug-likeness (QED) is 0.515. The second kappa shape index (κ2) is 10.4. The Morgan fingerprint density at radius 2 is 1.59 bits per heavy atom. The summed E-state index contributed by atoms with van der Waals surface area (Å²) in [6.45, 7) is 1.48. The van der Waals surface area contributed by atoms with E-state index in [9.17, 15) is 9.59 Å². The zero-order chi connectivity index (χ0) is 21.4. The van der Waals surface area contributed by atoms with Gasteiger partial charge in [-0.15, -0.1) is 0 Å². The van der Waals surface area contributed by atoms with Crippen molar-refractivity contribution in [2.45, 2.75) is 13.0 Å². The Morgan fingerprint density at radius 3 is 2.10 bits per heavy atom. The van der Waals surface area contributed by atoms with Crippen molar-refractivity contribution >= 4 is 35.2 Å². The Hall–Kier alpha value is -3.19. The summed E-state index contributed by atoms with van der Waals surface area (Å²) in [7, 11) is 4.50. The minimum atomic E-state index is -0.984. The lowest BCUT2D eigenvalue weighted by Gasteiger charge is -2.13. The zero-order valence-electron chi connectivity index (χ0n) is 16.5. The molecule has 0 heterocycles. The minimum absolute atomic E-state index is 0.446. The van der Waals surface area contributed by atoms with Crippen molar-refractivity contribution in [3.05, 3.63) is 53.1 Å². The largest absolute Gasteiger partial charge is 0.493 e. The molecule has 0 fully saturated rings. The Kier molecular flexibility index (Phi) is 7.91. The monoisotopic (exact) mass is 419 g/mol. The Balaban J connectivity index is 2.01. The second-order valence-electron chi connectivity index (χ2n) is 5.87. The van der Waals surface area contributed by atoms with Crippen LogP contribution in [-0.4, -0.2) is 39.3 Å². The van der Waals surface area contributed by atoms with Crippen molar-refractivity contribution in [3.8, 4) is 17.2 Å². The number of halogens is 1.